The number of thiophene rings is 1. The van der Waals surface area contributed by atoms with Crippen molar-refractivity contribution in [2.24, 2.45) is 0 Å². The Morgan fingerprint density at radius 2 is 2.10 bits per heavy atom. The van der Waals surface area contributed by atoms with E-state index in [9.17, 15) is 4.79 Å². The maximum atomic E-state index is 11.7. The number of halogens is 1. The Balaban J connectivity index is 1.70. The average molecular weight is 331 g/mol. The third-order valence-electron chi connectivity index (χ3n) is 3.35. The molecule has 2 unspecified atom stereocenters. The summed E-state index contributed by atoms with van der Waals surface area (Å²) < 4.78 is 6.11. The molecule has 0 spiro atoms. The monoisotopic (exact) mass is 330 g/mol. The average Bonchev–Trinajstić information content (AvgIpc) is 2.93. The molecule has 1 aliphatic carbocycles. The number of hydrogen-bond donors (Lipinski definition) is 2. The van der Waals surface area contributed by atoms with Crippen LogP contribution in [0.25, 0.3) is 0 Å². The number of hydrogen-bond acceptors (Lipinski definition) is 4. The first-order chi connectivity index (χ1) is 9.82. The highest BCUT2D eigenvalue weighted by Crippen LogP contribution is 2.23. The summed E-state index contributed by atoms with van der Waals surface area (Å²) in [6.45, 7) is 6.45. The van der Waals surface area contributed by atoms with Crippen molar-refractivity contribution in [2.45, 2.75) is 64.3 Å². The van der Waals surface area contributed by atoms with Crippen LogP contribution in [-0.4, -0.2) is 23.8 Å². The van der Waals surface area contributed by atoms with Crippen LogP contribution in [-0.2, 0) is 11.3 Å². The van der Waals surface area contributed by atoms with Gasteiger partial charge in [0.15, 0.2) is 0 Å². The lowest BCUT2D eigenvalue weighted by molar-refractivity contribution is 0.0505. The fraction of sp³-hybridized carbons (Fsp3) is 0.667. The van der Waals surface area contributed by atoms with Gasteiger partial charge < -0.3 is 15.4 Å². The smallest absolute Gasteiger partial charge is 0.407 e. The fourth-order valence-electron chi connectivity index (χ4n) is 2.46. The first-order valence-electron chi connectivity index (χ1n) is 7.29. The van der Waals surface area contributed by atoms with Crippen molar-refractivity contribution in [1.82, 2.24) is 10.6 Å². The van der Waals surface area contributed by atoms with Gasteiger partial charge >= 0.3 is 6.09 Å². The van der Waals surface area contributed by atoms with Gasteiger partial charge in [-0.15, -0.1) is 11.3 Å². The molecule has 4 nitrogen and oxygen atoms in total. The van der Waals surface area contributed by atoms with E-state index in [0.717, 1.165) is 30.1 Å². The van der Waals surface area contributed by atoms with Gasteiger partial charge in [0.1, 0.15) is 5.60 Å². The van der Waals surface area contributed by atoms with Crippen molar-refractivity contribution in [3.8, 4) is 0 Å². The van der Waals surface area contributed by atoms with E-state index in [0.29, 0.717) is 6.04 Å². The Kier molecular flexibility index (Phi) is 5.52. The minimum absolute atomic E-state index is 0.198. The number of ether oxygens (including phenoxy) is 1. The second kappa shape index (κ2) is 6.99. The summed E-state index contributed by atoms with van der Waals surface area (Å²) >= 11 is 7.52. The van der Waals surface area contributed by atoms with Gasteiger partial charge in [0.25, 0.3) is 0 Å². The lowest BCUT2D eigenvalue weighted by Crippen LogP contribution is -2.38. The second-order valence-electron chi connectivity index (χ2n) is 6.44. The second-order valence-corrected chi connectivity index (χ2v) is 8.24. The van der Waals surface area contributed by atoms with Gasteiger partial charge in [-0.2, -0.15) is 0 Å². The van der Waals surface area contributed by atoms with Gasteiger partial charge in [-0.05, 0) is 52.2 Å². The zero-order valence-corrected chi connectivity index (χ0v) is 14.3. The van der Waals surface area contributed by atoms with Gasteiger partial charge in [0.05, 0.1) is 4.34 Å². The van der Waals surface area contributed by atoms with E-state index >= 15 is 0 Å². The Morgan fingerprint density at radius 1 is 1.38 bits per heavy atom. The number of alkyl carbamates (subject to hydrolysis) is 1. The Hall–Kier alpha value is -0.780. The molecule has 21 heavy (non-hydrogen) atoms. The molecule has 1 heterocycles. The summed E-state index contributed by atoms with van der Waals surface area (Å²) in [6.07, 6.45) is 2.68. The van der Waals surface area contributed by atoms with Crippen molar-refractivity contribution in [1.29, 1.82) is 0 Å². The highest BCUT2D eigenvalue weighted by Gasteiger charge is 2.27. The van der Waals surface area contributed by atoms with E-state index < -0.39 is 5.60 Å². The maximum absolute atomic E-state index is 11.7. The quantitative estimate of drug-likeness (QED) is 0.879. The topological polar surface area (TPSA) is 50.4 Å². The van der Waals surface area contributed by atoms with Crippen LogP contribution >= 0.6 is 22.9 Å². The third-order valence-corrected chi connectivity index (χ3v) is 4.58. The minimum Gasteiger partial charge on any atom is -0.444 e. The third kappa shape index (κ3) is 5.85. The summed E-state index contributed by atoms with van der Waals surface area (Å²) in [6, 6.07) is 4.60. The Labute approximate surface area is 135 Å². The lowest BCUT2D eigenvalue weighted by atomic mass is 10.2. The molecule has 1 aromatic heterocycles. The molecule has 0 saturated heterocycles. The zero-order chi connectivity index (χ0) is 15.5. The molecule has 2 rings (SSSR count). The van der Waals surface area contributed by atoms with E-state index in [-0.39, 0.29) is 12.1 Å². The molecular weight excluding hydrogens is 308 g/mol. The molecule has 6 heteroatoms. The normalized spacial score (nSPS) is 22.3. The van der Waals surface area contributed by atoms with Crippen LogP contribution in [0.2, 0.25) is 4.34 Å². The van der Waals surface area contributed by atoms with Crippen LogP contribution in [0, 0.1) is 0 Å². The van der Waals surface area contributed by atoms with Crippen molar-refractivity contribution < 1.29 is 9.53 Å². The molecule has 1 saturated carbocycles. The van der Waals surface area contributed by atoms with Crippen molar-refractivity contribution in [3.05, 3.63) is 21.3 Å². The summed E-state index contributed by atoms with van der Waals surface area (Å²) in [5.74, 6) is 0. The molecule has 0 radical (unpaired) electrons. The van der Waals surface area contributed by atoms with Crippen LogP contribution in [0.4, 0.5) is 4.79 Å². The summed E-state index contributed by atoms with van der Waals surface area (Å²) in [5, 5.41) is 6.47. The highest BCUT2D eigenvalue weighted by atomic mass is 35.5. The molecule has 1 amide bonds. The number of carbonyl (C=O) groups excluding carboxylic acids is 1. The van der Waals surface area contributed by atoms with E-state index in [4.69, 9.17) is 16.3 Å². The van der Waals surface area contributed by atoms with Gasteiger partial charge in [-0.1, -0.05) is 11.6 Å². The molecular formula is C15H23ClN2O2S. The molecule has 0 bridgehead atoms. The van der Waals surface area contributed by atoms with Crippen molar-refractivity contribution >= 4 is 29.0 Å². The van der Waals surface area contributed by atoms with Gasteiger partial charge in [-0.25, -0.2) is 4.79 Å². The van der Waals surface area contributed by atoms with E-state index in [1.807, 2.05) is 32.9 Å². The number of rotatable bonds is 4. The predicted octanol–water partition coefficient (Wildman–Crippen LogP) is 3.94. The van der Waals surface area contributed by atoms with E-state index in [1.165, 1.54) is 4.88 Å². The van der Waals surface area contributed by atoms with E-state index in [2.05, 4.69) is 10.6 Å². The molecule has 2 atom stereocenters. The fourth-order valence-corrected chi connectivity index (χ4v) is 3.50. The summed E-state index contributed by atoms with van der Waals surface area (Å²) in [4.78, 5) is 13.0. The number of carbonyl (C=O) groups is 1. The van der Waals surface area contributed by atoms with Crippen LogP contribution in [0.15, 0.2) is 12.1 Å². The predicted molar refractivity (Wildman–Crippen MR) is 87.0 cm³/mol. The number of nitrogens with one attached hydrogen (secondary N) is 2. The molecule has 0 aliphatic heterocycles. The molecule has 1 aromatic rings. The lowest BCUT2D eigenvalue weighted by Gasteiger charge is -2.21. The first-order valence-corrected chi connectivity index (χ1v) is 8.48. The van der Waals surface area contributed by atoms with Crippen LogP contribution in [0.5, 0.6) is 0 Å². The van der Waals surface area contributed by atoms with Gasteiger partial charge in [-0.3, -0.25) is 0 Å². The largest absolute Gasteiger partial charge is 0.444 e. The molecule has 1 aliphatic rings. The summed E-state index contributed by atoms with van der Waals surface area (Å²) in [5.41, 5.74) is -0.446. The van der Waals surface area contributed by atoms with Crippen LogP contribution in [0.1, 0.15) is 44.9 Å². The molecule has 1 fully saturated rings. The molecule has 2 N–H and O–H groups in total. The zero-order valence-electron chi connectivity index (χ0n) is 12.7. The minimum atomic E-state index is -0.446. The standard InChI is InChI=1S/C15H23ClN2O2S/c1-15(2,3)20-14(19)18-11-5-4-10(8-11)17-9-12-6-7-13(16)21-12/h6-7,10-11,17H,4-5,8-9H2,1-3H3,(H,18,19). The van der Waals surface area contributed by atoms with Crippen molar-refractivity contribution in [2.75, 3.05) is 0 Å². The number of amides is 1. The molecule has 0 aromatic carbocycles. The SMILES string of the molecule is CC(C)(C)OC(=O)NC1CCC(NCc2ccc(Cl)s2)C1. The van der Waals surface area contributed by atoms with Crippen LogP contribution in [0.3, 0.4) is 0 Å². The Morgan fingerprint density at radius 3 is 2.71 bits per heavy atom. The maximum Gasteiger partial charge on any atom is 0.407 e. The van der Waals surface area contributed by atoms with E-state index in [1.54, 1.807) is 11.3 Å². The van der Waals surface area contributed by atoms with Crippen LogP contribution < -0.4 is 10.6 Å². The van der Waals surface area contributed by atoms with Gasteiger partial charge in [0, 0.05) is 23.5 Å². The van der Waals surface area contributed by atoms with Crippen molar-refractivity contribution in [3.63, 3.8) is 0 Å². The Bertz CT molecular complexity index is 484. The first kappa shape index (κ1) is 16.6. The highest BCUT2D eigenvalue weighted by molar-refractivity contribution is 7.16. The molecule has 118 valence electrons. The summed E-state index contributed by atoms with van der Waals surface area (Å²) in [7, 11) is 0. The van der Waals surface area contributed by atoms with Gasteiger partial charge in [0.2, 0.25) is 0 Å².